The highest BCUT2D eigenvalue weighted by Gasteiger charge is 2.21. The molecule has 2 heteroatoms. The van der Waals surface area contributed by atoms with Crippen molar-refractivity contribution in [2.24, 2.45) is 5.73 Å². The average Bonchev–Trinajstić information content (AvgIpc) is 2.92. The smallest absolute Gasteiger partial charge is 0.134 e. The number of nitrogens with two attached hydrogens (primary N) is 1. The van der Waals surface area contributed by atoms with Crippen LogP contribution >= 0.6 is 0 Å². The number of benzene rings is 2. The second kappa shape index (κ2) is 5.74. The Labute approximate surface area is 125 Å². The van der Waals surface area contributed by atoms with Crippen molar-refractivity contribution in [1.29, 1.82) is 0 Å². The average molecular weight is 279 g/mol. The van der Waals surface area contributed by atoms with E-state index in [1.807, 2.05) is 18.2 Å². The minimum absolute atomic E-state index is 0.139. The van der Waals surface area contributed by atoms with Crippen LogP contribution in [0.2, 0.25) is 0 Å². The molecule has 2 aromatic carbocycles. The normalized spacial score (nSPS) is 12.7. The third-order valence-corrected chi connectivity index (χ3v) is 4.11. The molecule has 0 aliphatic heterocycles. The summed E-state index contributed by atoms with van der Waals surface area (Å²) in [6.45, 7) is 4.28. The van der Waals surface area contributed by atoms with Gasteiger partial charge in [0.25, 0.3) is 0 Å². The second-order valence-electron chi connectivity index (χ2n) is 5.32. The summed E-state index contributed by atoms with van der Waals surface area (Å²) < 4.78 is 5.98. The number of hydrogen-bond acceptors (Lipinski definition) is 2. The molecule has 0 spiro atoms. The van der Waals surface area contributed by atoms with Gasteiger partial charge in [0.15, 0.2) is 0 Å². The first kappa shape index (κ1) is 13.9. The minimum atomic E-state index is -0.139. The summed E-state index contributed by atoms with van der Waals surface area (Å²) in [4.78, 5) is 0. The molecule has 0 radical (unpaired) electrons. The molecule has 1 aromatic heterocycles. The van der Waals surface area contributed by atoms with E-state index in [0.29, 0.717) is 0 Å². The highest BCUT2D eigenvalue weighted by molar-refractivity contribution is 5.83. The van der Waals surface area contributed by atoms with E-state index in [9.17, 15) is 0 Å². The van der Waals surface area contributed by atoms with Gasteiger partial charge in [0.2, 0.25) is 0 Å². The van der Waals surface area contributed by atoms with Crippen molar-refractivity contribution in [3.8, 4) is 0 Å². The van der Waals surface area contributed by atoms with Crippen LogP contribution in [0.15, 0.2) is 52.9 Å². The van der Waals surface area contributed by atoms with Crippen molar-refractivity contribution in [2.75, 3.05) is 0 Å². The van der Waals surface area contributed by atoms with Crippen molar-refractivity contribution in [1.82, 2.24) is 0 Å². The Morgan fingerprint density at radius 2 is 1.67 bits per heavy atom. The minimum Gasteiger partial charge on any atom is -0.461 e. The Hall–Kier alpha value is -2.06. The SMILES string of the molecule is CCc1ccccc1C(N)c1c(CC)oc2ccccc12. The maximum atomic E-state index is 6.62. The molecule has 3 rings (SSSR count). The lowest BCUT2D eigenvalue weighted by Gasteiger charge is -2.16. The van der Waals surface area contributed by atoms with Crippen LogP contribution in [0.25, 0.3) is 11.0 Å². The molecule has 2 nitrogen and oxygen atoms in total. The quantitative estimate of drug-likeness (QED) is 0.757. The molecule has 0 aliphatic carbocycles. The summed E-state index contributed by atoms with van der Waals surface area (Å²) in [7, 11) is 0. The third-order valence-electron chi connectivity index (χ3n) is 4.11. The lowest BCUT2D eigenvalue weighted by molar-refractivity contribution is 0.546. The van der Waals surface area contributed by atoms with Crippen molar-refractivity contribution < 1.29 is 4.42 Å². The topological polar surface area (TPSA) is 39.2 Å². The summed E-state index contributed by atoms with van der Waals surface area (Å²) in [5.41, 5.74) is 11.2. The van der Waals surface area contributed by atoms with Crippen LogP contribution in [0, 0.1) is 0 Å². The Balaban J connectivity index is 2.19. The number of para-hydroxylation sites is 1. The van der Waals surface area contributed by atoms with Crippen LogP contribution in [0.3, 0.4) is 0 Å². The van der Waals surface area contributed by atoms with Crippen LogP contribution in [-0.4, -0.2) is 0 Å². The van der Waals surface area contributed by atoms with Gasteiger partial charge >= 0.3 is 0 Å². The number of hydrogen-bond donors (Lipinski definition) is 1. The van der Waals surface area contributed by atoms with Crippen LogP contribution in [-0.2, 0) is 12.8 Å². The predicted molar refractivity (Wildman–Crippen MR) is 87.4 cm³/mol. The van der Waals surface area contributed by atoms with Crippen LogP contribution in [0.4, 0.5) is 0 Å². The summed E-state index contributed by atoms with van der Waals surface area (Å²) in [5.74, 6) is 0.995. The van der Waals surface area contributed by atoms with Gasteiger partial charge in [-0.05, 0) is 23.6 Å². The van der Waals surface area contributed by atoms with Crippen molar-refractivity contribution >= 4 is 11.0 Å². The number of fused-ring (bicyclic) bond motifs is 1. The van der Waals surface area contributed by atoms with Gasteiger partial charge in [-0.15, -0.1) is 0 Å². The zero-order chi connectivity index (χ0) is 14.8. The van der Waals surface area contributed by atoms with Gasteiger partial charge in [-0.25, -0.2) is 0 Å². The van der Waals surface area contributed by atoms with Gasteiger partial charge < -0.3 is 10.2 Å². The highest BCUT2D eigenvalue weighted by Crippen LogP contribution is 2.34. The van der Waals surface area contributed by atoms with Crippen molar-refractivity contribution in [3.63, 3.8) is 0 Å². The lowest BCUT2D eigenvalue weighted by Crippen LogP contribution is -2.15. The van der Waals surface area contributed by atoms with Gasteiger partial charge in [0, 0.05) is 17.4 Å². The van der Waals surface area contributed by atoms with E-state index in [4.69, 9.17) is 10.2 Å². The van der Waals surface area contributed by atoms with Crippen LogP contribution in [0.1, 0.15) is 42.3 Å². The van der Waals surface area contributed by atoms with Gasteiger partial charge in [-0.1, -0.05) is 56.3 Å². The largest absolute Gasteiger partial charge is 0.461 e. The summed E-state index contributed by atoms with van der Waals surface area (Å²) in [5, 5.41) is 1.13. The Morgan fingerprint density at radius 1 is 0.952 bits per heavy atom. The molecule has 0 aliphatic rings. The molecule has 0 fully saturated rings. The monoisotopic (exact) mass is 279 g/mol. The molecule has 21 heavy (non-hydrogen) atoms. The zero-order valence-corrected chi connectivity index (χ0v) is 12.6. The van der Waals surface area contributed by atoms with E-state index in [1.165, 1.54) is 11.1 Å². The second-order valence-corrected chi connectivity index (χ2v) is 5.32. The molecule has 2 N–H and O–H groups in total. The number of aryl methyl sites for hydroxylation is 2. The summed E-state index contributed by atoms with van der Waals surface area (Å²) in [6, 6.07) is 16.4. The Kier molecular flexibility index (Phi) is 3.80. The van der Waals surface area contributed by atoms with E-state index < -0.39 is 0 Å². The molecule has 1 unspecified atom stereocenters. The van der Waals surface area contributed by atoms with E-state index >= 15 is 0 Å². The van der Waals surface area contributed by atoms with Crippen molar-refractivity contribution in [3.05, 3.63) is 71.0 Å². The number of rotatable bonds is 4. The Bertz CT molecular complexity index is 757. The van der Waals surface area contributed by atoms with E-state index in [0.717, 1.165) is 35.1 Å². The van der Waals surface area contributed by atoms with Gasteiger partial charge in [-0.3, -0.25) is 0 Å². The molecule has 1 heterocycles. The molecule has 0 bridgehead atoms. The molecular formula is C19H21NO. The maximum absolute atomic E-state index is 6.62. The molecule has 3 aromatic rings. The highest BCUT2D eigenvalue weighted by atomic mass is 16.3. The fraction of sp³-hybridized carbons (Fsp3) is 0.263. The predicted octanol–water partition coefficient (Wildman–Crippen LogP) is 4.61. The first-order valence-corrected chi connectivity index (χ1v) is 7.59. The molecule has 0 saturated heterocycles. The Morgan fingerprint density at radius 3 is 2.43 bits per heavy atom. The molecule has 0 saturated carbocycles. The van der Waals surface area contributed by atoms with E-state index in [1.54, 1.807) is 0 Å². The lowest BCUT2D eigenvalue weighted by atomic mass is 9.92. The standard InChI is InChI=1S/C19H21NO/c1-3-13-9-5-6-10-14(13)19(20)18-15-11-7-8-12-17(15)21-16(18)4-2/h5-12,19H,3-4,20H2,1-2H3. The molecular weight excluding hydrogens is 258 g/mol. The summed E-state index contributed by atoms with van der Waals surface area (Å²) >= 11 is 0. The van der Waals surface area contributed by atoms with Crippen LogP contribution in [0.5, 0.6) is 0 Å². The van der Waals surface area contributed by atoms with Crippen molar-refractivity contribution in [2.45, 2.75) is 32.7 Å². The third kappa shape index (κ3) is 2.36. The fourth-order valence-electron chi connectivity index (χ4n) is 3.03. The van der Waals surface area contributed by atoms with Crippen LogP contribution < -0.4 is 5.73 Å². The van der Waals surface area contributed by atoms with E-state index in [-0.39, 0.29) is 6.04 Å². The van der Waals surface area contributed by atoms with Gasteiger partial charge in [0.1, 0.15) is 11.3 Å². The van der Waals surface area contributed by atoms with Gasteiger partial charge in [0.05, 0.1) is 6.04 Å². The molecule has 1 atom stereocenters. The molecule has 108 valence electrons. The summed E-state index contributed by atoms with van der Waals surface area (Å²) in [6.07, 6.45) is 1.84. The maximum Gasteiger partial charge on any atom is 0.134 e. The molecule has 0 amide bonds. The first-order valence-electron chi connectivity index (χ1n) is 7.59. The number of furan rings is 1. The fourth-order valence-corrected chi connectivity index (χ4v) is 3.03. The first-order chi connectivity index (χ1) is 10.3. The zero-order valence-electron chi connectivity index (χ0n) is 12.6. The van der Waals surface area contributed by atoms with Gasteiger partial charge in [-0.2, -0.15) is 0 Å². The van der Waals surface area contributed by atoms with E-state index in [2.05, 4.69) is 44.2 Å².